The van der Waals surface area contributed by atoms with Crippen molar-refractivity contribution >= 4 is 20.0 Å². The van der Waals surface area contributed by atoms with Crippen LogP contribution < -0.4 is 9.44 Å². The number of sulfonamides is 2. The SMILES string of the molecule is O=S(=O)(NCc1ccccc1CNS(=O)(=O)c1ccccc1)c1ccccc1. The smallest absolute Gasteiger partial charge is 0.207 e. The number of hydrogen-bond acceptors (Lipinski definition) is 4. The molecule has 0 fully saturated rings. The molecule has 0 aliphatic rings. The fourth-order valence-electron chi connectivity index (χ4n) is 2.61. The lowest BCUT2D eigenvalue weighted by Crippen LogP contribution is -2.26. The Hall–Kier alpha value is -2.52. The summed E-state index contributed by atoms with van der Waals surface area (Å²) < 4.78 is 54.7. The first-order valence-corrected chi connectivity index (χ1v) is 11.5. The summed E-state index contributed by atoms with van der Waals surface area (Å²) in [6.45, 7) is 0.112. The Morgan fingerprint density at radius 1 is 0.500 bits per heavy atom. The van der Waals surface area contributed by atoms with Crippen LogP contribution in [0.1, 0.15) is 11.1 Å². The van der Waals surface area contributed by atoms with E-state index >= 15 is 0 Å². The normalized spacial score (nSPS) is 12.0. The molecule has 0 heterocycles. The van der Waals surface area contributed by atoms with E-state index in [0.29, 0.717) is 11.1 Å². The minimum Gasteiger partial charge on any atom is -0.207 e. The first-order valence-electron chi connectivity index (χ1n) is 8.55. The van der Waals surface area contributed by atoms with E-state index < -0.39 is 20.0 Å². The van der Waals surface area contributed by atoms with E-state index in [4.69, 9.17) is 0 Å². The maximum atomic E-state index is 12.4. The molecule has 0 atom stereocenters. The largest absolute Gasteiger partial charge is 0.240 e. The van der Waals surface area contributed by atoms with E-state index in [-0.39, 0.29) is 22.9 Å². The molecule has 0 aromatic heterocycles. The highest BCUT2D eigenvalue weighted by Crippen LogP contribution is 2.14. The van der Waals surface area contributed by atoms with Crippen molar-refractivity contribution in [2.45, 2.75) is 22.9 Å². The zero-order chi connectivity index (χ0) is 20.0. The van der Waals surface area contributed by atoms with Gasteiger partial charge in [0.05, 0.1) is 9.79 Å². The Morgan fingerprint density at radius 3 is 1.18 bits per heavy atom. The fourth-order valence-corrected chi connectivity index (χ4v) is 4.67. The molecule has 146 valence electrons. The summed E-state index contributed by atoms with van der Waals surface area (Å²) in [6.07, 6.45) is 0. The zero-order valence-electron chi connectivity index (χ0n) is 14.9. The average molecular weight is 417 g/mol. The van der Waals surface area contributed by atoms with Crippen molar-refractivity contribution in [3.63, 3.8) is 0 Å². The van der Waals surface area contributed by atoms with Gasteiger partial charge in [-0.15, -0.1) is 0 Å². The second kappa shape index (κ2) is 8.66. The lowest BCUT2D eigenvalue weighted by Gasteiger charge is -2.12. The lowest BCUT2D eigenvalue weighted by molar-refractivity contribution is 0.577. The van der Waals surface area contributed by atoms with Crippen molar-refractivity contribution in [2.24, 2.45) is 0 Å². The van der Waals surface area contributed by atoms with Crippen LogP contribution in [0.5, 0.6) is 0 Å². The van der Waals surface area contributed by atoms with Crippen LogP contribution in [0.2, 0.25) is 0 Å². The van der Waals surface area contributed by atoms with Crippen LogP contribution in [-0.2, 0) is 33.1 Å². The molecule has 0 saturated carbocycles. The molecule has 3 rings (SSSR count). The van der Waals surface area contributed by atoms with Crippen molar-refractivity contribution < 1.29 is 16.8 Å². The predicted octanol–water partition coefficient (Wildman–Crippen LogP) is 2.64. The summed E-state index contributed by atoms with van der Waals surface area (Å²) in [4.78, 5) is 0.356. The molecule has 0 aliphatic heterocycles. The van der Waals surface area contributed by atoms with E-state index in [1.54, 1.807) is 60.7 Å². The molecule has 0 radical (unpaired) electrons. The van der Waals surface area contributed by atoms with Crippen LogP contribution in [0.3, 0.4) is 0 Å². The number of nitrogens with one attached hydrogen (secondary N) is 2. The quantitative estimate of drug-likeness (QED) is 0.590. The molecule has 0 aliphatic carbocycles. The summed E-state index contributed by atoms with van der Waals surface area (Å²) in [5.74, 6) is 0. The molecule has 0 saturated heterocycles. The minimum atomic E-state index is -3.65. The van der Waals surface area contributed by atoms with Crippen LogP contribution in [0, 0.1) is 0 Å². The van der Waals surface area contributed by atoms with Crippen LogP contribution in [0.4, 0.5) is 0 Å². The van der Waals surface area contributed by atoms with Crippen molar-refractivity contribution in [2.75, 3.05) is 0 Å². The minimum absolute atomic E-state index is 0.0560. The van der Waals surface area contributed by atoms with Gasteiger partial charge in [-0.25, -0.2) is 26.3 Å². The molecule has 6 nitrogen and oxygen atoms in total. The van der Waals surface area contributed by atoms with Gasteiger partial charge in [-0.1, -0.05) is 60.7 Å². The van der Waals surface area contributed by atoms with Crippen LogP contribution in [0.15, 0.2) is 94.7 Å². The first kappa shape index (κ1) is 20.2. The summed E-state index contributed by atoms with van der Waals surface area (Å²) in [6, 6.07) is 23.3. The predicted molar refractivity (Wildman–Crippen MR) is 107 cm³/mol. The third kappa shape index (κ3) is 5.05. The topological polar surface area (TPSA) is 92.3 Å². The highest BCUT2D eigenvalue weighted by atomic mass is 32.2. The highest BCUT2D eigenvalue weighted by Gasteiger charge is 2.16. The van der Waals surface area contributed by atoms with Crippen molar-refractivity contribution in [3.8, 4) is 0 Å². The standard InChI is InChI=1S/C20H20N2O4S2/c23-27(24,19-11-3-1-4-12-19)21-15-17-9-7-8-10-18(17)16-22-28(25,26)20-13-5-2-6-14-20/h1-14,21-22H,15-16H2. The third-order valence-electron chi connectivity index (χ3n) is 4.13. The molecule has 0 spiro atoms. The van der Waals surface area contributed by atoms with Gasteiger partial charge in [-0.05, 0) is 35.4 Å². The van der Waals surface area contributed by atoms with Gasteiger partial charge in [0.15, 0.2) is 0 Å². The van der Waals surface area contributed by atoms with Crippen molar-refractivity contribution in [1.82, 2.24) is 9.44 Å². The Labute approximate surface area is 165 Å². The zero-order valence-corrected chi connectivity index (χ0v) is 16.6. The maximum Gasteiger partial charge on any atom is 0.240 e. The molecule has 3 aromatic carbocycles. The number of hydrogen-bond donors (Lipinski definition) is 2. The Morgan fingerprint density at radius 2 is 0.821 bits per heavy atom. The molecule has 8 heteroatoms. The third-order valence-corrected chi connectivity index (χ3v) is 6.96. The molecule has 0 unspecified atom stereocenters. The second-order valence-corrected chi connectivity index (χ2v) is 9.58. The van der Waals surface area contributed by atoms with Crippen molar-refractivity contribution in [1.29, 1.82) is 0 Å². The average Bonchev–Trinajstić information content (AvgIpc) is 2.73. The Bertz CT molecular complexity index is 1040. The summed E-state index contributed by atoms with van der Waals surface area (Å²) in [5.41, 5.74) is 1.38. The fraction of sp³-hybridized carbons (Fsp3) is 0.100. The molecule has 3 aromatic rings. The lowest BCUT2D eigenvalue weighted by atomic mass is 10.1. The van der Waals surface area contributed by atoms with Crippen LogP contribution >= 0.6 is 0 Å². The second-order valence-electron chi connectivity index (χ2n) is 6.04. The summed E-state index contributed by atoms with van der Waals surface area (Å²) in [7, 11) is -7.30. The Balaban J connectivity index is 1.72. The molecular formula is C20H20N2O4S2. The van der Waals surface area contributed by atoms with E-state index in [1.165, 1.54) is 24.3 Å². The first-order chi connectivity index (χ1) is 13.4. The van der Waals surface area contributed by atoms with Gasteiger partial charge < -0.3 is 0 Å². The summed E-state index contributed by atoms with van der Waals surface area (Å²) in [5, 5.41) is 0. The molecular weight excluding hydrogens is 396 g/mol. The van der Waals surface area contributed by atoms with E-state index in [0.717, 1.165) is 0 Å². The van der Waals surface area contributed by atoms with E-state index in [2.05, 4.69) is 9.44 Å². The van der Waals surface area contributed by atoms with Gasteiger partial charge >= 0.3 is 0 Å². The van der Waals surface area contributed by atoms with Crippen LogP contribution in [-0.4, -0.2) is 16.8 Å². The molecule has 28 heavy (non-hydrogen) atoms. The van der Waals surface area contributed by atoms with E-state index in [1.807, 2.05) is 0 Å². The van der Waals surface area contributed by atoms with Gasteiger partial charge in [0, 0.05) is 13.1 Å². The van der Waals surface area contributed by atoms with Crippen LogP contribution in [0.25, 0.3) is 0 Å². The molecule has 2 N–H and O–H groups in total. The van der Waals surface area contributed by atoms with Gasteiger partial charge in [0.2, 0.25) is 20.0 Å². The summed E-state index contributed by atoms with van der Waals surface area (Å²) >= 11 is 0. The van der Waals surface area contributed by atoms with Crippen molar-refractivity contribution in [3.05, 3.63) is 96.1 Å². The molecule has 0 bridgehead atoms. The highest BCUT2D eigenvalue weighted by molar-refractivity contribution is 7.89. The Kier molecular flexibility index (Phi) is 6.25. The van der Waals surface area contributed by atoms with E-state index in [9.17, 15) is 16.8 Å². The number of benzene rings is 3. The van der Waals surface area contributed by atoms with Gasteiger partial charge in [-0.3, -0.25) is 0 Å². The van der Waals surface area contributed by atoms with Gasteiger partial charge in [-0.2, -0.15) is 0 Å². The number of rotatable bonds is 8. The molecule has 0 amide bonds. The van der Waals surface area contributed by atoms with Gasteiger partial charge in [0.25, 0.3) is 0 Å². The monoisotopic (exact) mass is 416 g/mol. The van der Waals surface area contributed by atoms with Gasteiger partial charge in [0.1, 0.15) is 0 Å². The maximum absolute atomic E-state index is 12.4.